The number of aliphatic hydroxyl groups is 1. The van der Waals surface area contributed by atoms with Crippen molar-refractivity contribution in [1.29, 1.82) is 0 Å². The van der Waals surface area contributed by atoms with E-state index >= 15 is 0 Å². The number of rotatable bonds is 9. The van der Waals surface area contributed by atoms with E-state index in [1.54, 1.807) is 37.4 Å². The predicted molar refractivity (Wildman–Crippen MR) is 139 cm³/mol. The van der Waals surface area contributed by atoms with Gasteiger partial charge >= 0.3 is 0 Å². The summed E-state index contributed by atoms with van der Waals surface area (Å²) in [6.45, 7) is 4.71. The summed E-state index contributed by atoms with van der Waals surface area (Å²) in [4.78, 5) is 27.7. The lowest BCUT2D eigenvalue weighted by Crippen LogP contribution is -2.30. The minimum absolute atomic E-state index is 0.0804. The molecule has 3 aromatic carbocycles. The molecule has 1 aliphatic heterocycles. The van der Waals surface area contributed by atoms with Crippen LogP contribution in [0.3, 0.4) is 0 Å². The number of carbonyl (C=O) groups excluding carboxylic acids is 2. The minimum Gasteiger partial charge on any atom is -0.507 e. The molecule has 4 rings (SSSR count). The molecule has 6 heteroatoms. The van der Waals surface area contributed by atoms with Gasteiger partial charge in [-0.1, -0.05) is 74.5 Å². The first kappa shape index (κ1) is 25.0. The molecule has 6 nitrogen and oxygen atoms in total. The summed E-state index contributed by atoms with van der Waals surface area (Å²) in [6.07, 6.45) is 1.53. The number of aryl methyl sites for hydroxylation is 1. The van der Waals surface area contributed by atoms with E-state index in [1.165, 1.54) is 4.90 Å². The second-order valence-corrected chi connectivity index (χ2v) is 8.73. The first-order valence-corrected chi connectivity index (χ1v) is 12.2. The number of aliphatic hydroxyl groups excluding tert-OH is 1. The Bertz CT molecular complexity index is 1260. The Morgan fingerprint density at radius 3 is 2.28 bits per heavy atom. The van der Waals surface area contributed by atoms with Crippen LogP contribution < -0.4 is 9.47 Å². The van der Waals surface area contributed by atoms with Gasteiger partial charge in [-0.3, -0.25) is 9.59 Å². The molecule has 0 aromatic heterocycles. The van der Waals surface area contributed by atoms with Crippen molar-refractivity contribution in [2.45, 2.75) is 39.3 Å². The number of hydrogen-bond acceptors (Lipinski definition) is 5. The number of likely N-dealkylation sites (tertiary alicyclic amines) is 1. The molecule has 1 aliphatic rings. The Balaban J connectivity index is 1.78. The van der Waals surface area contributed by atoms with Gasteiger partial charge in [-0.15, -0.1) is 0 Å². The molecule has 1 amide bonds. The SMILES string of the molecule is CCCN1C(=O)C(=O)/C(=C(\O)c2ccc(CC)cc2)C1c1ccc(OC)c(OCc2ccccc2)c1. The van der Waals surface area contributed by atoms with E-state index in [1.807, 2.05) is 56.3 Å². The number of ether oxygens (including phenoxy) is 2. The topological polar surface area (TPSA) is 76.1 Å². The van der Waals surface area contributed by atoms with Gasteiger partial charge in [-0.2, -0.15) is 0 Å². The van der Waals surface area contributed by atoms with E-state index in [-0.39, 0.29) is 11.3 Å². The number of benzene rings is 3. The van der Waals surface area contributed by atoms with Crippen LogP contribution in [0.5, 0.6) is 11.5 Å². The second-order valence-electron chi connectivity index (χ2n) is 8.73. The van der Waals surface area contributed by atoms with Crippen LogP contribution >= 0.6 is 0 Å². The van der Waals surface area contributed by atoms with Gasteiger partial charge in [0.05, 0.1) is 18.7 Å². The number of hydrogen-bond donors (Lipinski definition) is 1. The van der Waals surface area contributed by atoms with Crippen LogP contribution in [0.1, 0.15) is 48.6 Å². The van der Waals surface area contributed by atoms with Gasteiger partial charge in [-0.05, 0) is 41.7 Å². The zero-order valence-corrected chi connectivity index (χ0v) is 20.9. The summed E-state index contributed by atoms with van der Waals surface area (Å²) in [6, 6.07) is 21.8. The first-order valence-electron chi connectivity index (χ1n) is 12.2. The number of nitrogens with zero attached hydrogens (tertiary/aromatic N) is 1. The number of Topliss-reactive ketones (excluding diaryl/α,β-unsaturated/α-hetero) is 1. The molecule has 3 aromatic rings. The molecule has 1 saturated heterocycles. The minimum atomic E-state index is -0.735. The third-order valence-corrected chi connectivity index (χ3v) is 6.38. The van der Waals surface area contributed by atoms with Gasteiger partial charge < -0.3 is 19.5 Å². The highest BCUT2D eigenvalue weighted by molar-refractivity contribution is 6.46. The van der Waals surface area contributed by atoms with Crippen molar-refractivity contribution in [1.82, 2.24) is 4.90 Å². The fourth-order valence-electron chi connectivity index (χ4n) is 4.46. The Morgan fingerprint density at radius 1 is 0.917 bits per heavy atom. The van der Waals surface area contributed by atoms with E-state index in [4.69, 9.17) is 9.47 Å². The van der Waals surface area contributed by atoms with E-state index in [2.05, 4.69) is 0 Å². The van der Waals surface area contributed by atoms with E-state index < -0.39 is 17.7 Å². The molecule has 1 unspecified atom stereocenters. The van der Waals surface area contributed by atoms with Gasteiger partial charge in [0.15, 0.2) is 11.5 Å². The molecule has 1 atom stereocenters. The van der Waals surface area contributed by atoms with Gasteiger partial charge in [0, 0.05) is 12.1 Å². The Labute approximate surface area is 211 Å². The van der Waals surface area contributed by atoms with Crippen molar-refractivity contribution in [2.75, 3.05) is 13.7 Å². The van der Waals surface area contributed by atoms with Crippen molar-refractivity contribution >= 4 is 17.4 Å². The number of carbonyl (C=O) groups is 2. The molecule has 36 heavy (non-hydrogen) atoms. The molecule has 0 aliphatic carbocycles. The van der Waals surface area contributed by atoms with E-state index in [0.29, 0.717) is 42.2 Å². The number of methoxy groups -OCH3 is 1. The average Bonchev–Trinajstić information content (AvgIpc) is 3.17. The summed E-state index contributed by atoms with van der Waals surface area (Å²) in [7, 11) is 1.56. The zero-order valence-electron chi connectivity index (χ0n) is 20.9. The average molecular weight is 486 g/mol. The zero-order chi connectivity index (χ0) is 25.7. The molecule has 0 bridgehead atoms. The molecule has 186 valence electrons. The fourth-order valence-corrected chi connectivity index (χ4v) is 4.46. The molecule has 1 heterocycles. The highest BCUT2D eigenvalue weighted by atomic mass is 16.5. The highest BCUT2D eigenvalue weighted by Gasteiger charge is 2.45. The number of ketones is 1. The quantitative estimate of drug-likeness (QED) is 0.240. The molecule has 0 radical (unpaired) electrons. The summed E-state index contributed by atoms with van der Waals surface area (Å²) >= 11 is 0. The first-order chi connectivity index (χ1) is 17.5. The van der Waals surface area contributed by atoms with Crippen LogP contribution in [0, 0.1) is 0 Å². The van der Waals surface area contributed by atoms with Gasteiger partial charge in [0.1, 0.15) is 12.4 Å². The highest BCUT2D eigenvalue weighted by Crippen LogP contribution is 2.42. The van der Waals surface area contributed by atoms with E-state index in [9.17, 15) is 14.7 Å². The second kappa shape index (κ2) is 11.1. The molecular weight excluding hydrogens is 454 g/mol. The number of amides is 1. The monoisotopic (exact) mass is 485 g/mol. The maximum absolute atomic E-state index is 13.2. The predicted octanol–water partition coefficient (Wildman–Crippen LogP) is 5.67. The van der Waals surface area contributed by atoms with Gasteiger partial charge in [0.25, 0.3) is 11.7 Å². The maximum atomic E-state index is 13.2. The lowest BCUT2D eigenvalue weighted by atomic mass is 9.94. The molecule has 1 N–H and O–H groups in total. The standard InChI is InChI=1S/C30H31NO5/c1-4-17-31-27(26(29(33)30(31)34)28(32)22-13-11-20(5-2)12-14-22)23-15-16-24(35-3)25(18-23)36-19-21-9-7-6-8-10-21/h6-16,18,27,32H,4-5,17,19H2,1-3H3/b28-26-. The molecule has 0 spiro atoms. The van der Waals surface area contributed by atoms with Crippen molar-refractivity contribution in [3.05, 3.63) is 101 Å². The fraction of sp³-hybridized carbons (Fsp3) is 0.267. The van der Waals surface area contributed by atoms with Crippen LogP contribution in [0.2, 0.25) is 0 Å². The summed E-state index contributed by atoms with van der Waals surface area (Å²) in [5.41, 5.74) is 3.36. The van der Waals surface area contributed by atoms with Gasteiger partial charge in [-0.25, -0.2) is 0 Å². The molecular formula is C30H31NO5. The lowest BCUT2D eigenvalue weighted by Gasteiger charge is -2.25. The third kappa shape index (κ3) is 4.98. The third-order valence-electron chi connectivity index (χ3n) is 6.38. The van der Waals surface area contributed by atoms with Crippen LogP contribution in [0.25, 0.3) is 5.76 Å². The van der Waals surface area contributed by atoms with Crippen LogP contribution in [-0.4, -0.2) is 35.4 Å². The summed E-state index contributed by atoms with van der Waals surface area (Å²) < 4.78 is 11.6. The Morgan fingerprint density at radius 2 is 1.64 bits per heavy atom. The van der Waals surface area contributed by atoms with Crippen LogP contribution in [0.15, 0.2) is 78.4 Å². The lowest BCUT2D eigenvalue weighted by molar-refractivity contribution is -0.139. The summed E-state index contributed by atoms with van der Waals surface area (Å²) in [5, 5.41) is 11.2. The van der Waals surface area contributed by atoms with Crippen molar-refractivity contribution in [3.63, 3.8) is 0 Å². The normalized spacial score (nSPS) is 16.9. The molecule has 1 fully saturated rings. The molecule has 0 saturated carbocycles. The van der Waals surface area contributed by atoms with E-state index in [0.717, 1.165) is 17.5 Å². The van der Waals surface area contributed by atoms with Crippen molar-refractivity contribution in [2.24, 2.45) is 0 Å². The van der Waals surface area contributed by atoms with Crippen LogP contribution in [-0.2, 0) is 22.6 Å². The largest absolute Gasteiger partial charge is 0.507 e. The smallest absolute Gasteiger partial charge is 0.295 e. The van der Waals surface area contributed by atoms with Gasteiger partial charge in [0.2, 0.25) is 0 Å². The van der Waals surface area contributed by atoms with Crippen molar-refractivity contribution in [3.8, 4) is 11.5 Å². The van der Waals surface area contributed by atoms with Crippen molar-refractivity contribution < 1.29 is 24.2 Å². The Hall–Kier alpha value is -4.06. The Kier molecular flexibility index (Phi) is 7.74. The summed E-state index contributed by atoms with van der Waals surface area (Å²) in [5.74, 6) is -0.447. The van der Waals surface area contributed by atoms with Crippen LogP contribution in [0.4, 0.5) is 0 Å². The maximum Gasteiger partial charge on any atom is 0.295 e.